The molecule has 0 aliphatic heterocycles. The molecule has 5 heteroatoms. The van der Waals surface area contributed by atoms with Gasteiger partial charge in [0, 0.05) is 12.4 Å². The second-order valence-electron chi connectivity index (χ2n) is 2.84. The number of carbonyl (C=O) groups is 1. The molecule has 0 amide bonds. The van der Waals surface area contributed by atoms with Crippen molar-refractivity contribution in [3.8, 4) is 5.00 Å². The minimum atomic E-state index is -0.931. The summed E-state index contributed by atoms with van der Waals surface area (Å²) in [4.78, 5) is 11.0. The lowest BCUT2D eigenvalue weighted by atomic mass is 10.2. The fraction of sp³-hybridized carbons (Fsp3) is 0.111. The highest BCUT2D eigenvalue weighted by Crippen LogP contribution is 2.22. The Morgan fingerprint density at radius 3 is 2.71 bits per heavy atom. The summed E-state index contributed by atoms with van der Waals surface area (Å²) < 4.78 is 5.79. The average Bonchev–Trinajstić information content (AvgIpc) is 2.70. The van der Waals surface area contributed by atoms with Gasteiger partial charge in [0.25, 0.3) is 0 Å². The molecular weight excluding hydrogens is 200 g/mol. The number of nitrogens with zero attached hydrogens (tertiary/aromatic N) is 2. The number of hydrogen-bond acceptors (Lipinski definition) is 3. The predicted octanol–water partition coefficient (Wildman–Crippen LogP) is 1.94. The lowest BCUT2D eigenvalue weighted by Crippen LogP contribution is -2.02. The van der Waals surface area contributed by atoms with Crippen LogP contribution in [0, 0.1) is 6.92 Å². The summed E-state index contributed by atoms with van der Waals surface area (Å²) in [5.41, 5.74) is 0.845. The number of aromatic carboxylic acids is 1. The maximum Gasteiger partial charge on any atom is 0.340 e. The molecule has 72 valence electrons. The Labute approximate surface area is 84.6 Å². The minimum Gasteiger partial charge on any atom is -0.478 e. The molecule has 0 bridgehead atoms. The van der Waals surface area contributed by atoms with Gasteiger partial charge in [-0.25, -0.2) is 4.79 Å². The van der Waals surface area contributed by atoms with Gasteiger partial charge in [-0.2, -0.15) is 4.37 Å². The molecule has 4 nitrogen and oxygen atoms in total. The lowest BCUT2D eigenvalue weighted by molar-refractivity contribution is 0.0696. The molecular formula is C9H8N2O2S. The minimum absolute atomic E-state index is 0.284. The van der Waals surface area contributed by atoms with E-state index in [1.54, 1.807) is 23.9 Å². The number of carboxylic acid groups (broad SMARTS) is 1. The summed E-state index contributed by atoms with van der Waals surface area (Å²) in [6.07, 6.45) is 3.61. The van der Waals surface area contributed by atoms with Gasteiger partial charge in [-0.1, -0.05) is 0 Å². The van der Waals surface area contributed by atoms with E-state index in [9.17, 15) is 4.79 Å². The van der Waals surface area contributed by atoms with E-state index < -0.39 is 5.97 Å². The highest BCUT2D eigenvalue weighted by atomic mass is 32.1. The summed E-state index contributed by atoms with van der Waals surface area (Å²) >= 11 is 1.19. The van der Waals surface area contributed by atoms with Gasteiger partial charge < -0.3 is 9.67 Å². The highest BCUT2D eigenvalue weighted by molar-refractivity contribution is 7.09. The molecule has 0 spiro atoms. The van der Waals surface area contributed by atoms with Crippen molar-refractivity contribution in [3.05, 3.63) is 35.8 Å². The molecule has 1 N–H and O–H groups in total. The molecule has 0 saturated heterocycles. The van der Waals surface area contributed by atoms with E-state index in [1.807, 2.05) is 12.1 Å². The monoisotopic (exact) mass is 208 g/mol. The second-order valence-corrected chi connectivity index (χ2v) is 3.60. The molecule has 0 fully saturated rings. The Balaban J connectivity index is 2.60. The topological polar surface area (TPSA) is 55.1 Å². The number of aromatic nitrogens is 2. The molecule has 2 aromatic heterocycles. The van der Waals surface area contributed by atoms with Crippen molar-refractivity contribution < 1.29 is 9.90 Å². The fourth-order valence-corrected chi connectivity index (χ4v) is 2.11. The smallest absolute Gasteiger partial charge is 0.340 e. The van der Waals surface area contributed by atoms with Gasteiger partial charge in [0.15, 0.2) is 0 Å². The first kappa shape index (κ1) is 8.96. The SMILES string of the molecule is Cc1nsc(-n2cccc2)c1C(=O)O. The lowest BCUT2D eigenvalue weighted by Gasteiger charge is -1.99. The largest absolute Gasteiger partial charge is 0.478 e. The zero-order valence-corrected chi connectivity index (χ0v) is 8.28. The molecule has 0 saturated carbocycles. The van der Waals surface area contributed by atoms with Crippen LogP contribution in [-0.4, -0.2) is 20.0 Å². The standard InChI is InChI=1S/C9H8N2O2S/c1-6-7(9(12)13)8(14-10-6)11-4-2-3-5-11/h2-5H,1H3,(H,12,13). The summed E-state index contributed by atoms with van der Waals surface area (Å²) in [7, 11) is 0. The Morgan fingerprint density at radius 1 is 1.50 bits per heavy atom. The van der Waals surface area contributed by atoms with Crippen molar-refractivity contribution in [3.63, 3.8) is 0 Å². The molecule has 2 heterocycles. The van der Waals surface area contributed by atoms with Gasteiger partial charge in [0.05, 0.1) is 5.69 Å². The normalized spacial score (nSPS) is 10.4. The third-order valence-corrected chi connectivity index (χ3v) is 2.85. The quantitative estimate of drug-likeness (QED) is 0.820. The third kappa shape index (κ3) is 1.31. The zero-order valence-electron chi connectivity index (χ0n) is 7.47. The molecule has 14 heavy (non-hydrogen) atoms. The van der Waals surface area contributed by atoms with E-state index in [0.29, 0.717) is 10.7 Å². The van der Waals surface area contributed by atoms with Crippen molar-refractivity contribution >= 4 is 17.5 Å². The predicted molar refractivity (Wildman–Crippen MR) is 53.1 cm³/mol. The van der Waals surface area contributed by atoms with E-state index >= 15 is 0 Å². The van der Waals surface area contributed by atoms with Gasteiger partial charge in [-0.05, 0) is 30.6 Å². The van der Waals surface area contributed by atoms with Crippen LogP contribution in [-0.2, 0) is 0 Å². The Hall–Kier alpha value is -1.62. The third-order valence-electron chi connectivity index (χ3n) is 1.90. The maximum atomic E-state index is 11.0. The molecule has 0 atom stereocenters. The first-order chi connectivity index (χ1) is 6.70. The Bertz CT molecular complexity index is 459. The van der Waals surface area contributed by atoms with Crippen LogP contribution in [0.3, 0.4) is 0 Å². The van der Waals surface area contributed by atoms with Crippen LogP contribution in [0.5, 0.6) is 0 Å². The molecule has 0 aliphatic rings. The van der Waals surface area contributed by atoms with Crippen LogP contribution >= 0.6 is 11.5 Å². The van der Waals surface area contributed by atoms with Crippen molar-refractivity contribution in [2.75, 3.05) is 0 Å². The maximum absolute atomic E-state index is 11.0. The molecule has 2 aromatic rings. The van der Waals surface area contributed by atoms with Crippen LogP contribution in [0.25, 0.3) is 5.00 Å². The number of aryl methyl sites for hydroxylation is 1. The first-order valence-electron chi connectivity index (χ1n) is 4.03. The van der Waals surface area contributed by atoms with Crippen LogP contribution in [0.4, 0.5) is 0 Å². The van der Waals surface area contributed by atoms with Crippen molar-refractivity contribution in [2.45, 2.75) is 6.92 Å². The van der Waals surface area contributed by atoms with Gasteiger partial charge in [-0.15, -0.1) is 0 Å². The zero-order chi connectivity index (χ0) is 10.1. The van der Waals surface area contributed by atoms with Gasteiger partial charge in [0.1, 0.15) is 10.6 Å². The van der Waals surface area contributed by atoms with Gasteiger partial charge in [-0.3, -0.25) is 0 Å². The van der Waals surface area contributed by atoms with Crippen LogP contribution in [0.15, 0.2) is 24.5 Å². The van der Waals surface area contributed by atoms with Crippen LogP contribution < -0.4 is 0 Å². The Kier molecular flexibility index (Phi) is 2.09. The van der Waals surface area contributed by atoms with E-state index in [2.05, 4.69) is 4.37 Å². The number of carboxylic acids is 1. The summed E-state index contributed by atoms with van der Waals surface area (Å²) in [5, 5.41) is 9.64. The number of hydrogen-bond donors (Lipinski definition) is 1. The molecule has 0 unspecified atom stereocenters. The fourth-order valence-electron chi connectivity index (χ4n) is 1.25. The van der Waals surface area contributed by atoms with Crippen molar-refractivity contribution in [1.29, 1.82) is 0 Å². The molecule has 0 radical (unpaired) electrons. The van der Waals surface area contributed by atoms with Crippen molar-refractivity contribution in [2.24, 2.45) is 0 Å². The first-order valence-corrected chi connectivity index (χ1v) is 4.80. The van der Waals surface area contributed by atoms with Gasteiger partial charge in [0.2, 0.25) is 0 Å². The molecule has 2 rings (SSSR count). The number of rotatable bonds is 2. The van der Waals surface area contributed by atoms with Gasteiger partial charge >= 0.3 is 5.97 Å². The molecule has 0 aromatic carbocycles. The Morgan fingerprint density at radius 2 is 2.14 bits per heavy atom. The van der Waals surface area contributed by atoms with E-state index in [4.69, 9.17) is 5.11 Å². The highest BCUT2D eigenvalue weighted by Gasteiger charge is 2.17. The van der Waals surface area contributed by atoms with Crippen LogP contribution in [0.2, 0.25) is 0 Å². The summed E-state index contributed by atoms with van der Waals surface area (Å²) in [6, 6.07) is 3.70. The average molecular weight is 208 g/mol. The van der Waals surface area contributed by atoms with E-state index in [-0.39, 0.29) is 5.56 Å². The second kappa shape index (κ2) is 3.26. The van der Waals surface area contributed by atoms with Crippen molar-refractivity contribution in [1.82, 2.24) is 8.94 Å². The molecule has 0 aliphatic carbocycles. The van der Waals surface area contributed by atoms with Crippen LogP contribution in [0.1, 0.15) is 16.1 Å². The summed E-state index contributed by atoms with van der Waals surface area (Å²) in [5.74, 6) is -0.931. The van der Waals surface area contributed by atoms with E-state index in [1.165, 1.54) is 11.5 Å². The van der Waals surface area contributed by atoms with E-state index in [0.717, 1.165) is 0 Å². The summed E-state index contributed by atoms with van der Waals surface area (Å²) in [6.45, 7) is 1.70.